The third kappa shape index (κ3) is 6.12. The van der Waals surface area contributed by atoms with Gasteiger partial charge >= 0.3 is 0 Å². The van der Waals surface area contributed by atoms with Crippen LogP contribution >= 0.6 is 11.6 Å². The fraction of sp³-hybridized carbons (Fsp3) is 0.316. The van der Waals surface area contributed by atoms with Crippen LogP contribution in [0.5, 0.6) is 11.5 Å². The van der Waals surface area contributed by atoms with Crippen molar-refractivity contribution in [1.82, 2.24) is 9.62 Å². The van der Waals surface area contributed by atoms with Gasteiger partial charge in [0.1, 0.15) is 18.1 Å². The van der Waals surface area contributed by atoms with Crippen molar-refractivity contribution in [3.8, 4) is 11.5 Å². The molecule has 2 rings (SSSR count). The zero-order valence-corrected chi connectivity index (χ0v) is 17.5. The zero-order valence-electron chi connectivity index (χ0n) is 15.9. The van der Waals surface area contributed by atoms with E-state index in [1.54, 1.807) is 43.3 Å². The van der Waals surface area contributed by atoms with Gasteiger partial charge in [-0.3, -0.25) is 4.79 Å². The van der Waals surface area contributed by atoms with Crippen molar-refractivity contribution < 1.29 is 22.7 Å². The van der Waals surface area contributed by atoms with E-state index in [1.165, 1.54) is 26.2 Å². The number of halogens is 1. The van der Waals surface area contributed by atoms with Gasteiger partial charge in [0.05, 0.1) is 11.4 Å². The van der Waals surface area contributed by atoms with Gasteiger partial charge in [-0.1, -0.05) is 11.6 Å². The number of hydrogen-bond acceptors (Lipinski definition) is 5. The Hall–Kier alpha value is -2.29. The minimum Gasteiger partial charge on any atom is -0.492 e. The number of rotatable bonds is 9. The van der Waals surface area contributed by atoms with E-state index in [0.29, 0.717) is 16.5 Å². The van der Waals surface area contributed by atoms with Crippen molar-refractivity contribution in [2.45, 2.75) is 17.9 Å². The van der Waals surface area contributed by atoms with Gasteiger partial charge in [-0.05, 0) is 55.5 Å². The molecular formula is C19H23ClN2O5S. The van der Waals surface area contributed by atoms with Gasteiger partial charge in [0.2, 0.25) is 10.0 Å². The fourth-order valence-electron chi connectivity index (χ4n) is 2.18. The molecule has 0 saturated carbocycles. The number of nitrogens with zero attached hydrogens (tertiary/aromatic N) is 1. The van der Waals surface area contributed by atoms with Crippen LogP contribution in [-0.4, -0.2) is 52.0 Å². The predicted molar refractivity (Wildman–Crippen MR) is 107 cm³/mol. The van der Waals surface area contributed by atoms with Gasteiger partial charge in [-0.15, -0.1) is 0 Å². The van der Waals surface area contributed by atoms with Gasteiger partial charge < -0.3 is 14.8 Å². The SMILES string of the molecule is C[C@H](Oc1ccc(Cl)cc1)C(=O)NCCOc1ccc(S(=O)(=O)N(C)C)cc1. The van der Waals surface area contributed by atoms with Crippen LogP contribution in [0.1, 0.15) is 6.92 Å². The molecule has 0 aliphatic rings. The standard InChI is InChI=1S/C19H23ClN2O5S/c1-14(27-17-6-4-15(20)5-7-17)19(23)21-12-13-26-16-8-10-18(11-9-16)28(24,25)22(2)3/h4-11,14H,12-13H2,1-3H3,(H,21,23)/t14-/m0/s1. The van der Waals surface area contributed by atoms with Crippen molar-refractivity contribution in [3.05, 3.63) is 53.6 Å². The number of carbonyl (C=O) groups excluding carboxylic acids is 1. The van der Waals surface area contributed by atoms with Crippen LogP contribution in [0.15, 0.2) is 53.4 Å². The van der Waals surface area contributed by atoms with Gasteiger partial charge in [0.15, 0.2) is 6.10 Å². The minimum absolute atomic E-state index is 0.186. The molecule has 0 aromatic heterocycles. The molecule has 0 heterocycles. The van der Waals surface area contributed by atoms with Crippen LogP contribution in [-0.2, 0) is 14.8 Å². The van der Waals surface area contributed by atoms with E-state index in [-0.39, 0.29) is 24.0 Å². The monoisotopic (exact) mass is 426 g/mol. The number of benzene rings is 2. The van der Waals surface area contributed by atoms with Crippen molar-refractivity contribution >= 4 is 27.5 Å². The van der Waals surface area contributed by atoms with E-state index in [4.69, 9.17) is 21.1 Å². The molecule has 28 heavy (non-hydrogen) atoms. The molecular weight excluding hydrogens is 404 g/mol. The van der Waals surface area contributed by atoms with Crippen molar-refractivity contribution in [2.75, 3.05) is 27.2 Å². The van der Waals surface area contributed by atoms with Gasteiger partial charge in [-0.2, -0.15) is 0 Å². The molecule has 0 radical (unpaired) electrons. The summed E-state index contributed by atoms with van der Waals surface area (Å²) < 4.78 is 36.2. The lowest BCUT2D eigenvalue weighted by Crippen LogP contribution is -2.38. The second kappa shape index (κ2) is 9.77. The Morgan fingerprint density at radius 1 is 1.07 bits per heavy atom. The van der Waals surface area contributed by atoms with Crippen LogP contribution in [0, 0.1) is 0 Å². The normalized spacial score (nSPS) is 12.5. The molecule has 0 saturated heterocycles. The fourth-order valence-corrected chi connectivity index (χ4v) is 3.20. The molecule has 0 fully saturated rings. The quantitative estimate of drug-likeness (QED) is 0.623. The van der Waals surface area contributed by atoms with Gasteiger partial charge in [0.25, 0.3) is 5.91 Å². The number of nitrogens with one attached hydrogen (secondary N) is 1. The Morgan fingerprint density at radius 3 is 2.21 bits per heavy atom. The summed E-state index contributed by atoms with van der Waals surface area (Å²) in [5.41, 5.74) is 0. The Bertz CT molecular complexity index is 884. The zero-order chi connectivity index (χ0) is 20.7. The van der Waals surface area contributed by atoms with Gasteiger partial charge in [-0.25, -0.2) is 12.7 Å². The molecule has 7 nitrogen and oxygen atoms in total. The molecule has 0 bridgehead atoms. The molecule has 0 spiro atoms. The summed E-state index contributed by atoms with van der Waals surface area (Å²) in [5.74, 6) is 0.791. The van der Waals surface area contributed by atoms with E-state index < -0.39 is 16.1 Å². The number of carbonyl (C=O) groups is 1. The first-order valence-electron chi connectivity index (χ1n) is 8.55. The molecule has 1 N–H and O–H groups in total. The van der Waals surface area contributed by atoms with E-state index in [1.807, 2.05) is 0 Å². The Balaban J connectivity index is 1.76. The Labute approximate surface area is 170 Å². The molecule has 0 aliphatic heterocycles. The lowest BCUT2D eigenvalue weighted by Gasteiger charge is -2.15. The van der Waals surface area contributed by atoms with Gasteiger partial charge in [0, 0.05) is 19.1 Å². The molecule has 2 aromatic rings. The average molecular weight is 427 g/mol. The highest BCUT2D eigenvalue weighted by atomic mass is 35.5. The number of amides is 1. The van der Waals surface area contributed by atoms with Crippen LogP contribution in [0.2, 0.25) is 5.02 Å². The number of hydrogen-bond donors (Lipinski definition) is 1. The van der Waals surface area contributed by atoms with Crippen molar-refractivity contribution in [2.24, 2.45) is 0 Å². The first kappa shape index (κ1) is 22.0. The molecule has 2 aromatic carbocycles. The largest absolute Gasteiger partial charge is 0.492 e. The second-order valence-electron chi connectivity index (χ2n) is 6.11. The lowest BCUT2D eigenvalue weighted by atomic mass is 10.3. The van der Waals surface area contributed by atoms with E-state index in [9.17, 15) is 13.2 Å². The van der Waals surface area contributed by atoms with E-state index >= 15 is 0 Å². The highest BCUT2D eigenvalue weighted by Crippen LogP contribution is 2.18. The number of ether oxygens (including phenoxy) is 2. The summed E-state index contributed by atoms with van der Waals surface area (Å²) in [5, 5.41) is 3.31. The first-order chi connectivity index (χ1) is 13.2. The predicted octanol–water partition coefficient (Wildman–Crippen LogP) is 2.55. The van der Waals surface area contributed by atoms with Crippen molar-refractivity contribution in [3.63, 3.8) is 0 Å². The highest BCUT2D eigenvalue weighted by Gasteiger charge is 2.17. The number of sulfonamides is 1. The maximum absolute atomic E-state index is 12.1. The van der Waals surface area contributed by atoms with Crippen LogP contribution in [0.3, 0.4) is 0 Å². The van der Waals surface area contributed by atoms with E-state index in [2.05, 4.69) is 5.32 Å². The molecule has 9 heteroatoms. The first-order valence-corrected chi connectivity index (χ1v) is 10.4. The van der Waals surface area contributed by atoms with Crippen LogP contribution < -0.4 is 14.8 Å². The second-order valence-corrected chi connectivity index (χ2v) is 8.70. The topological polar surface area (TPSA) is 84.9 Å². The maximum atomic E-state index is 12.1. The summed E-state index contributed by atoms with van der Waals surface area (Å²) in [6, 6.07) is 12.9. The van der Waals surface area contributed by atoms with Crippen molar-refractivity contribution in [1.29, 1.82) is 0 Å². The third-order valence-corrected chi connectivity index (χ3v) is 5.85. The molecule has 152 valence electrons. The summed E-state index contributed by atoms with van der Waals surface area (Å²) in [4.78, 5) is 12.2. The van der Waals surface area contributed by atoms with Crippen LogP contribution in [0.25, 0.3) is 0 Å². The molecule has 1 amide bonds. The third-order valence-electron chi connectivity index (χ3n) is 3.77. The summed E-state index contributed by atoms with van der Waals surface area (Å²) >= 11 is 5.81. The molecule has 0 aliphatic carbocycles. The van der Waals surface area contributed by atoms with Crippen LogP contribution in [0.4, 0.5) is 0 Å². The summed E-state index contributed by atoms with van der Waals surface area (Å²) in [6.07, 6.45) is -0.670. The lowest BCUT2D eigenvalue weighted by molar-refractivity contribution is -0.127. The summed E-state index contributed by atoms with van der Waals surface area (Å²) in [7, 11) is -0.524. The maximum Gasteiger partial charge on any atom is 0.260 e. The minimum atomic E-state index is -3.47. The Kier molecular flexibility index (Phi) is 7.68. The van der Waals surface area contributed by atoms with E-state index in [0.717, 1.165) is 4.31 Å². The average Bonchev–Trinajstić information content (AvgIpc) is 2.67. The molecule has 1 atom stereocenters. The summed E-state index contributed by atoms with van der Waals surface area (Å²) in [6.45, 7) is 2.17. The smallest absolute Gasteiger partial charge is 0.260 e. The Morgan fingerprint density at radius 2 is 1.64 bits per heavy atom. The molecule has 0 unspecified atom stereocenters. The highest BCUT2D eigenvalue weighted by molar-refractivity contribution is 7.89.